The highest BCUT2D eigenvalue weighted by Crippen LogP contribution is 2.15. The van der Waals surface area contributed by atoms with Gasteiger partial charge in [0.25, 0.3) is 0 Å². The third kappa shape index (κ3) is 3.89. The number of benzene rings is 2. The maximum Gasteiger partial charge on any atom is 0.119 e. The predicted molar refractivity (Wildman–Crippen MR) is 80.3 cm³/mol. The van der Waals surface area contributed by atoms with Crippen molar-refractivity contribution in [1.82, 2.24) is 0 Å². The van der Waals surface area contributed by atoms with Crippen LogP contribution in [0.15, 0.2) is 58.7 Å². The van der Waals surface area contributed by atoms with E-state index in [1.165, 1.54) is 11.1 Å². The van der Waals surface area contributed by atoms with Crippen LogP contribution >= 0.6 is 22.6 Å². The smallest absolute Gasteiger partial charge is 0.119 e. The Hall–Kier alpha value is -1.29. The highest BCUT2D eigenvalue weighted by molar-refractivity contribution is 14.1. The zero-order valence-corrected chi connectivity index (χ0v) is 11.5. The monoisotopic (exact) mass is 336 g/mol. The van der Waals surface area contributed by atoms with Crippen LogP contribution in [0.2, 0.25) is 0 Å². The van der Waals surface area contributed by atoms with Gasteiger partial charge in [-0.15, -0.1) is 0 Å². The molecule has 0 amide bonds. The van der Waals surface area contributed by atoms with Crippen LogP contribution in [0.5, 0.6) is 5.75 Å². The van der Waals surface area contributed by atoms with Gasteiger partial charge in [0.1, 0.15) is 12.4 Å². The molecule has 0 heterocycles. The summed E-state index contributed by atoms with van der Waals surface area (Å²) in [5.74, 6) is 0.902. The minimum Gasteiger partial charge on any atom is -0.489 e. The van der Waals surface area contributed by atoms with Crippen LogP contribution in [0, 0.1) is 0 Å². The standard InChI is InChI=1S/C15H13IO/c16-11-10-13-6-8-15(9-7-13)17-12-14-4-2-1-3-5-14/h1-11H,12H2/b11-10+. The molecule has 0 aromatic heterocycles. The molecule has 2 rings (SSSR count). The molecule has 0 bridgehead atoms. The summed E-state index contributed by atoms with van der Waals surface area (Å²) in [6, 6.07) is 18.3. The molecule has 0 aliphatic carbocycles. The Morgan fingerprint density at radius 2 is 1.65 bits per heavy atom. The van der Waals surface area contributed by atoms with Gasteiger partial charge in [-0.25, -0.2) is 0 Å². The van der Waals surface area contributed by atoms with Crippen molar-refractivity contribution in [1.29, 1.82) is 0 Å². The molecule has 0 radical (unpaired) electrons. The number of ether oxygens (including phenoxy) is 1. The topological polar surface area (TPSA) is 9.23 Å². The lowest BCUT2D eigenvalue weighted by atomic mass is 10.2. The minimum absolute atomic E-state index is 0.613. The number of hydrogen-bond acceptors (Lipinski definition) is 1. The van der Waals surface area contributed by atoms with Gasteiger partial charge in [0.15, 0.2) is 0 Å². The first-order valence-corrected chi connectivity index (χ1v) is 6.66. The SMILES string of the molecule is I/C=C/c1ccc(OCc2ccccc2)cc1. The third-order valence-electron chi connectivity index (χ3n) is 2.38. The van der Waals surface area contributed by atoms with Crippen LogP contribution in [0.1, 0.15) is 11.1 Å². The van der Waals surface area contributed by atoms with E-state index in [0.29, 0.717) is 6.61 Å². The van der Waals surface area contributed by atoms with Crippen molar-refractivity contribution < 1.29 is 4.74 Å². The summed E-state index contributed by atoms with van der Waals surface area (Å²) in [7, 11) is 0. The van der Waals surface area contributed by atoms with E-state index >= 15 is 0 Å². The second-order valence-corrected chi connectivity index (χ2v) is 4.36. The van der Waals surface area contributed by atoms with E-state index in [0.717, 1.165) is 5.75 Å². The summed E-state index contributed by atoms with van der Waals surface area (Å²) in [5.41, 5.74) is 2.37. The maximum atomic E-state index is 5.70. The summed E-state index contributed by atoms with van der Waals surface area (Å²) in [4.78, 5) is 0. The first-order valence-electron chi connectivity index (χ1n) is 5.42. The summed E-state index contributed by atoms with van der Waals surface area (Å²) in [6.07, 6.45) is 2.06. The van der Waals surface area contributed by atoms with Gasteiger partial charge >= 0.3 is 0 Å². The predicted octanol–water partition coefficient (Wildman–Crippen LogP) is 4.67. The molecule has 0 aliphatic rings. The van der Waals surface area contributed by atoms with Crippen molar-refractivity contribution in [3.63, 3.8) is 0 Å². The highest BCUT2D eigenvalue weighted by Gasteiger charge is 1.95. The molecule has 0 fully saturated rings. The van der Waals surface area contributed by atoms with Crippen LogP contribution < -0.4 is 4.74 Å². The lowest BCUT2D eigenvalue weighted by Crippen LogP contribution is -1.94. The normalized spacial score (nSPS) is 10.6. The Morgan fingerprint density at radius 3 is 2.29 bits per heavy atom. The zero-order valence-electron chi connectivity index (χ0n) is 9.34. The molecular weight excluding hydrogens is 323 g/mol. The minimum atomic E-state index is 0.613. The van der Waals surface area contributed by atoms with E-state index in [4.69, 9.17) is 4.74 Å². The van der Waals surface area contributed by atoms with E-state index in [-0.39, 0.29) is 0 Å². The molecule has 2 heteroatoms. The average molecular weight is 336 g/mol. The van der Waals surface area contributed by atoms with Gasteiger partial charge in [0.05, 0.1) is 0 Å². The number of rotatable bonds is 4. The molecule has 0 N–H and O–H groups in total. The Balaban J connectivity index is 1.95. The lowest BCUT2D eigenvalue weighted by Gasteiger charge is -2.06. The lowest BCUT2D eigenvalue weighted by molar-refractivity contribution is 0.306. The molecule has 1 nitrogen and oxygen atoms in total. The van der Waals surface area contributed by atoms with Gasteiger partial charge in [0, 0.05) is 0 Å². The second-order valence-electron chi connectivity index (χ2n) is 3.64. The van der Waals surface area contributed by atoms with Gasteiger partial charge in [-0.3, -0.25) is 0 Å². The zero-order chi connectivity index (χ0) is 11.9. The Morgan fingerprint density at radius 1 is 0.941 bits per heavy atom. The Bertz CT molecular complexity index is 474. The van der Waals surface area contributed by atoms with Crippen LogP contribution in [0.25, 0.3) is 6.08 Å². The molecule has 0 saturated carbocycles. The summed E-state index contributed by atoms with van der Waals surface area (Å²) >= 11 is 2.21. The van der Waals surface area contributed by atoms with Crippen LogP contribution in [-0.4, -0.2) is 0 Å². The van der Waals surface area contributed by atoms with Crippen molar-refractivity contribution >= 4 is 28.7 Å². The molecule has 0 saturated heterocycles. The van der Waals surface area contributed by atoms with Gasteiger partial charge in [-0.05, 0) is 33.4 Å². The molecular formula is C15H13IO. The first kappa shape index (κ1) is 12.2. The summed E-state index contributed by atoms with van der Waals surface area (Å²) in [6.45, 7) is 0.613. The molecule has 0 unspecified atom stereocenters. The number of hydrogen-bond donors (Lipinski definition) is 0. The fraction of sp³-hybridized carbons (Fsp3) is 0.0667. The fourth-order valence-corrected chi connectivity index (χ4v) is 1.90. The third-order valence-corrected chi connectivity index (χ3v) is 2.74. The van der Waals surface area contributed by atoms with Crippen LogP contribution in [0.4, 0.5) is 0 Å². The van der Waals surface area contributed by atoms with Crippen molar-refractivity contribution in [2.45, 2.75) is 6.61 Å². The van der Waals surface area contributed by atoms with Crippen molar-refractivity contribution in [2.75, 3.05) is 0 Å². The van der Waals surface area contributed by atoms with E-state index in [2.05, 4.69) is 52.9 Å². The molecule has 17 heavy (non-hydrogen) atoms. The Labute approximate surface area is 115 Å². The highest BCUT2D eigenvalue weighted by atomic mass is 127. The largest absolute Gasteiger partial charge is 0.489 e. The summed E-state index contributed by atoms with van der Waals surface area (Å²) in [5, 5.41) is 0. The van der Waals surface area contributed by atoms with E-state index in [1.807, 2.05) is 34.4 Å². The van der Waals surface area contributed by atoms with E-state index in [1.54, 1.807) is 0 Å². The van der Waals surface area contributed by atoms with E-state index < -0.39 is 0 Å². The quantitative estimate of drug-likeness (QED) is 0.737. The summed E-state index contributed by atoms with van der Waals surface area (Å²) < 4.78 is 7.70. The van der Waals surface area contributed by atoms with Gasteiger partial charge in [-0.2, -0.15) is 0 Å². The molecule has 2 aromatic rings. The van der Waals surface area contributed by atoms with Crippen molar-refractivity contribution in [2.24, 2.45) is 0 Å². The van der Waals surface area contributed by atoms with Crippen LogP contribution in [-0.2, 0) is 6.61 Å². The molecule has 0 atom stereocenters. The van der Waals surface area contributed by atoms with Gasteiger partial charge in [-0.1, -0.05) is 65.1 Å². The second kappa shape index (κ2) is 6.45. The van der Waals surface area contributed by atoms with Gasteiger partial charge in [0.2, 0.25) is 0 Å². The molecule has 86 valence electrons. The van der Waals surface area contributed by atoms with Crippen molar-refractivity contribution in [3.05, 3.63) is 69.8 Å². The fourth-order valence-electron chi connectivity index (χ4n) is 1.49. The van der Waals surface area contributed by atoms with Crippen LogP contribution in [0.3, 0.4) is 0 Å². The maximum absolute atomic E-state index is 5.70. The van der Waals surface area contributed by atoms with Crippen molar-refractivity contribution in [3.8, 4) is 5.75 Å². The average Bonchev–Trinajstić information content (AvgIpc) is 2.40. The van der Waals surface area contributed by atoms with Gasteiger partial charge < -0.3 is 4.74 Å². The first-order chi connectivity index (χ1) is 8.38. The molecule has 2 aromatic carbocycles. The number of halogens is 1. The molecule has 0 aliphatic heterocycles. The molecule has 0 spiro atoms. The Kier molecular flexibility index (Phi) is 4.62. The van der Waals surface area contributed by atoms with E-state index in [9.17, 15) is 0 Å².